The first-order chi connectivity index (χ1) is 8.47. The molecule has 1 aromatic carbocycles. The molecule has 2 heterocycles. The van der Waals surface area contributed by atoms with Gasteiger partial charge in [-0.3, -0.25) is 0 Å². The number of hydrogen-bond donors (Lipinski definition) is 0. The first-order valence-electron chi connectivity index (χ1n) is 5.98. The molecule has 0 bridgehead atoms. The van der Waals surface area contributed by atoms with Crippen molar-refractivity contribution in [3.8, 4) is 0 Å². The van der Waals surface area contributed by atoms with Crippen LogP contribution >= 0.6 is 0 Å². The van der Waals surface area contributed by atoms with E-state index in [2.05, 4.69) is 50.1 Å². The molecule has 17 heavy (non-hydrogen) atoms. The van der Waals surface area contributed by atoms with Crippen molar-refractivity contribution in [2.45, 2.75) is 19.3 Å². The average Bonchev–Trinajstić information content (AvgIpc) is 3.00. The molecular weight excluding hydrogens is 214 g/mol. The number of hydrogen-bond acceptors (Lipinski definition) is 4. The van der Waals surface area contributed by atoms with Crippen molar-refractivity contribution in [3.63, 3.8) is 0 Å². The third-order valence-corrected chi connectivity index (χ3v) is 2.76. The Morgan fingerprint density at radius 3 is 2.29 bits per heavy atom. The molecule has 0 N–H and O–H groups in total. The maximum Gasteiger partial charge on any atom is 0.144 e. The monoisotopic (exact) mass is 231 g/mol. The van der Waals surface area contributed by atoms with Crippen molar-refractivity contribution >= 4 is 5.69 Å². The molecule has 0 spiro atoms. The molecule has 4 nitrogen and oxygen atoms in total. The van der Waals surface area contributed by atoms with Gasteiger partial charge in [-0.05, 0) is 31.4 Å². The minimum Gasteiger partial charge on any atom is -0.372 e. The lowest BCUT2D eigenvalue weighted by Gasteiger charge is -2.28. The number of para-hydroxylation sites is 1. The van der Waals surface area contributed by atoms with Crippen LogP contribution in [0.25, 0.3) is 0 Å². The van der Waals surface area contributed by atoms with E-state index >= 15 is 0 Å². The van der Waals surface area contributed by atoms with Gasteiger partial charge in [-0.2, -0.15) is 0 Å². The Balaban J connectivity index is 0.000000181. The summed E-state index contributed by atoms with van der Waals surface area (Å²) in [5, 5.41) is 6.40. The fourth-order valence-electron chi connectivity index (χ4n) is 1.93. The van der Waals surface area contributed by atoms with Gasteiger partial charge >= 0.3 is 0 Å². The van der Waals surface area contributed by atoms with E-state index in [4.69, 9.17) is 0 Å². The number of benzene rings is 1. The van der Waals surface area contributed by atoms with Gasteiger partial charge in [0.2, 0.25) is 0 Å². The van der Waals surface area contributed by atoms with Crippen LogP contribution in [0.5, 0.6) is 0 Å². The number of nitrogens with zero attached hydrogens (tertiary/aromatic N) is 3. The summed E-state index contributed by atoms with van der Waals surface area (Å²) in [4.78, 5) is 2.48. The zero-order valence-electron chi connectivity index (χ0n) is 9.83. The van der Waals surface area contributed by atoms with Gasteiger partial charge in [0.1, 0.15) is 6.26 Å². The number of piperidine rings is 1. The molecule has 1 fully saturated rings. The van der Waals surface area contributed by atoms with Crippen LogP contribution in [-0.2, 0) is 0 Å². The van der Waals surface area contributed by atoms with Gasteiger partial charge < -0.3 is 9.42 Å². The Kier molecular flexibility index (Phi) is 4.57. The highest BCUT2D eigenvalue weighted by atomic mass is 16.5. The summed E-state index contributed by atoms with van der Waals surface area (Å²) in [6.45, 7) is 2.48. The predicted octanol–water partition coefficient (Wildman–Crippen LogP) is 2.75. The van der Waals surface area contributed by atoms with Crippen LogP contribution in [0.1, 0.15) is 19.3 Å². The van der Waals surface area contributed by atoms with Crippen molar-refractivity contribution in [1.82, 2.24) is 10.4 Å². The van der Waals surface area contributed by atoms with Gasteiger partial charge in [-0.15, -0.1) is 5.10 Å². The first-order valence-corrected chi connectivity index (χ1v) is 5.98. The van der Waals surface area contributed by atoms with Gasteiger partial charge in [0.05, 0.1) is 6.20 Å². The zero-order chi connectivity index (χ0) is 11.8. The standard InChI is InChI=1S/C11H15N.C2H2N2O/c1-3-7-11(8-4-1)12-9-5-2-6-10-12;1-2-5-4-3-1/h1,3-4,7-8H,2,5-6,9-10H2;1-2H. The third-order valence-electron chi connectivity index (χ3n) is 2.76. The van der Waals surface area contributed by atoms with Crippen LogP contribution in [0.2, 0.25) is 0 Å². The quantitative estimate of drug-likeness (QED) is 0.756. The number of aromatic nitrogens is 2. The highest BCUT2D eigenvalue weighted by Gasteiger charge is 2.09. The molecule has 0 amide bonds. The Bertz CT molecular complexity index is 365. The van der Waals surface area contributed by atoms with E-state index in [1.54, 1.807) is 0 Å². The van der Waals surface area contributed by atoms with E-state index in [0.717, 1.165) is 0 Å². The molecule has 4 heteroatoms. The second-order valence-electron chi connectivity index (χ2n) is 3.97. The first kappa shape index (κ1) is 11.6. The summed E-state index contributed by atoms with van der Waals surface area (Å²) >= 11 is 0. The summed E-state index contributed by atoms with van der Waals surface area (Å²) in [5.74, 6) is 0. The zero-order valence-corrected chi connectivity index (χ0v) is 9.83. The minimum absolute atomic E-state index is 1.24. The van der Waals surface area contributed by atoms with Gasteiger partial charge in [0, 0.05) is 24.0 Å². The Labute approximate surface area is 101 Å². The summed E-state index contributed by atoms with van der Waals surface area (Å²) in [6.07, 6.45) is 6.99. The van der Waals surface area contributed by atoms with Gasteiger partial charge in [0.15, 0.2) is 0 Å². The molecule has 0 unspecified atom stereocenters. The van der Waals surface area contributed by atoms with E-state index in [0.29, 0.717) is 0 Å². The Morgan fingerprint density at radius 2 is 1.76 bits per heavy atom. The molecule has 1 saturated heterocycles. The van der Waals surface area contributed by atoms with Crippen LogP contribution in [0, 0.1) is 0 Å². The Morgan fingerprint density at radius 1 is 1.00 bits per heavy atom. The summed E-state index contributed by atoms with van der Waals surface area (Å²) < 4.78 is 4.22. The van der Waals surface area contributed by atoms with Crippen LogP contribution < -0.4 is 4.90 Å². The summed E-state index contributed by atoms with van der Waals surface area (Å²) in [5.41, 5.74) is 1.39. The predicted molar refractivity (Wildman–Crippen MR) is 66.8 cm³/mol. The molecule has 0 aliphatic carbocycles. The smallest absolute Gasteiger partial charge is 0.144 e. The second kappa shape index (κ2) is 6.68. The number of rotatable bonds is 1. The molecule has 90 valence electrons. The lowest BCUT2D eigenvalue weighted by molar-refractivity contribution is 0.393. The van der Waals surface area contributed by atoms with Crippen LogP contribution in [0.3, 0.4) is 0 Å². The lowest BCUT2D eigenvalue weighted by atomic mass is 10.1. The molecule has 0 radical (unpaired) electrons. The maximum absolute atomic E-state index is 4.22. The lowest BCUT2D eigenvalue weighted by Crippen LogP contribution is -2.29. The van der Waals surface area contributed by atoms with E-state index in [-0.39, 0.29) is 0 Å². The SMILES string of the molecule is c1ccc(N2CCCCC2)cc1.c1conn1. The van der Waals surface area contributed by atoms with Crippen LogP contribution in [-0.4, -0.2) is 23.5 Å². The molecule has 2 aromatic rings. The van der Waals surface area contributed by atoms with Crippen LogP contribution in [0.4, 0.5) is 5.69 Å². The van der Waals surface area contributed by atoms with E-state index < -0.39 is 0 Å². The van der Waals surface area contributed by atoms with Gasteiger partial charge in [-0.25, -0.2) is 0 Å². The molecule has 0 saturated carbocycles. The highest BCUT2D eigenvalue weighted by Crippen LogP contribution is 2.18. The Hall–Kier alpha value is -1.84. The molecule has 0 atom stereocenters. The second-order valence-corrected chi connectivity index (χ2v) is 3.97. The van der Waals surface area contributed by atoms with Crippen molar-refractivity contribution < 1.29 is 4.52 Å². The summed E-state index contributed by atoms with van der Waals surface area (Å²) in [6, 6.07) is 10.7. The third kappa shape index (κ3) is 3.90. The largest absolute Gasteiger partial charge is 0.372 e. The van der Waals surface area contributed by atoms with Gasteiger partial charge in [-0.1, -0.05) is 18.2 Å². The fraction of sp³-hybridized carbons (Fsp3) is 0.385. The molecule has 1 aromatic heterocycles. The van der Waals surface area contributed by atoms with E-state index in [1.807, 2.05) is 0 Å². The molecule has 1 aliphatic heterocycles. The van der Waals surface area contributed by atoms with Crippen molar-refractivity contribution in [2.24, 2.45) is 0 Å². The van der Waals surface area contributed by atoms with Crippen LogP contribution in [0.15, 0.2) is 47.3 Å². The van der Waals surface area contributed by atoms with Crippen molar-refractivity contribution in [2.75, 3.05) is 18.0 Å². The normalized spacial score (nSPS) is 14.9. The highest BCUT2D eigenvalue weighted by molar-refractivity contribution is 5.46. The van der Waals surface area contributed by atoms with Gasteiger partial charge in [0.25, 0.3) is 0 Å². The van der Waals surface area contributed by atoms with Crippen molar-refractivity contribution in [3.05, 3.63) is 42.8 Å². The minimum atomic E-state index is 1.24. The molecule has 1 aliphatic rings. The van der Waals surface area contributed by atoms with Crippen molar-refractivity contribution in [1.29, 1.82) is 0 Å². The summed E-state index contributed by atoms with van der Waals surface area (Å²) in [7, 11) is 0. The topological polar surface area (TPSA) is 42.2 Å². The van der Waals surface area contributed by atoms with E-state index in [1.165, 1.54) is 50.5 Å². The maximum atomic E-state index is 4.22. The van der Waals surface area contributed by atoms with E-state index in [9.17, 15) is 0 Å². The number of anilines is 1. The molecule has 3 rings (SSSR count). The molecular formula is C13H17N3O. The fourth-order valence-corrected chi connectivity index (χ4v) is 1.93. The average molecular weight is 231 g/mol.